The van der Waals surface area contributed by atoms with Crippen LogP contribution in [-0.4, -0.2) is 12.8 Å². The predicted molar refractivity (Wildman–Crippen MR) is 88.0 cm³/mol. The van der Waals surface area contributed by atoms with Gasteiger partial charge in [0.05, 0.1) is 7.11 Å². The van der Waals surface area contributed by atoms with Crippen molar-refractivity contribution in [2.75, 3.05) is 7.11 Å². The third kappa shape index (κ3) is 3.87. The fourth-order valence-electron chi connectivity index (χ4n) is 2.16. The minimum Gasteiger partial charge on any atom is -0.496 e. The minimum absolute atomic E-state index is 0.602. The second kappa shape index (κ2) is 7.15. The monoisotopic (exact) mass is 285 g/mol. The first-order valence-electron chi connectivity index (χ1n) is 6.67. The predicted octanol–water partition coefficient (Wildman–Crippen LogP) is 4.54. The van der Waals surface area contributed by atoms with Crippen molar-refractivity contribution < 1.29 is 4.74 Å². The first-order chi connectivity index (χ1) is 9.70. The number of rotatable bonds is 5. The molecule has 0 bridgehead atoms. The fourth-order valence-corrected chi connectivity index (χ4v) is 2.43. The number of para-hydroxylation sites is 1. The SMILES string of the molecule is COc1ccccc1C(=N)CCC1=CC(S)=CCC=C1. The molecule has 0 saturated carbocycles. The van der Waals surface area contributed by atoms with E-state index in [0.29, 0.717) is 12.1 Å². The van der Waals surface area contributed by atoms with E-state index in [2.05, 4.69) is 36.9 Å². The number of benzene rings is 1. The Morgan fingerprint density at radius 1 is 1.35 bits per heavy atom. The number of allylic oxidation sites excluding steroid dienone is 5. The third-order valence-electron chi connectivity index (χ3n) is 3.22. The lowest BCUT2D eigenvalue weighted by molar-refractivity contribution is 0.414. The smallest absolute Gasteiger partial charge is 0.127 e. The molecular weight excluding hydrogens is 266 g/mol. The maximum atomic E-state index is 8.23. The average molecular weight is 285 g/mol. The standard InChI is InChI=1S/C17H19NOS/c1-19-17-9-5-4-8-15(17)16(18)11-10-13-6-2-3-7-14(20)12-13/h2,4-9,12,18,20H,3,10-11H2,1H3. The lowest BCUT2D eigenvalue weighted by atomic mass is 10.0. The Kier molecular flexibility index (Phi) is 5.24. The third-order valence-corrected chi connectivity index (χ3v) is 3.54. The zero-order valence-corrected chi connectivity index (χ0v) is 12.5. The normalized spacial score (nSPS) is 14.3. The number of methoxy groups -OCH3 is 1. The molecule has 3 heteroatoms. The summed E-state index contributed by atoms with van der Waals surface area (Å²) in [6.45, 7) is 0. The van der Waals surface area contributed by atoms with Crippen LogP contribution in [0.25, 0.3) is 0 Å². The topological polar surface area (TPSA) is 33.1 Å². The summed E-state index contributed by atoms with van der Waals surface area (Å²) in [6.07, 6.45) is 10.9. The van der Waals surface area contributed by atoms with Gasteiger partial charge in [0, 0.05) is 16.2 Å². The molecule has 1 aromatic rings. The van der Waals surface area contributed by atoms with Gasteiger partial charge in [-0.25, -0.2) is 0 Å². The van der Waals surface area contributed by atoms with Crippen LogP contribution in [0.1, 0.15) is 24.8 Å². The Hall–Kier alpha value is -1.74. The zero-order chi connectivity index (χ0) is 14.4. The molecule has 0 amide bonds. The molecule has 0 aromatic heterocycles. The number of thiol groups is 1. The van der Waals surface area contributed by atoms with E-state index in [1.165, 1.54) is 5.57 Å². The van der Waals surface area contributed by atoms with Crippen molar-refractivity contribution in [1.82, 2.24) is 0 Å². The quantitative estimate of drug-likeness (QED) is 0.604. The molecule has 0 unspecified atom stereocenters. The van der Waals surface area contributed by atoms with Crippen LogP contribution in [0.3, 0.4) is 0 Å². The Labute approximate surface area is 125 Å². The molecule has 0 radical (unpaired) electrons. The fraction of sp³-hybridized carbons (Fsp3) is 0.235. The van der Waals surface area contributed by atoms with Gasteiger partial charge in [-0.2, -0.15) is 0 Å². The molecule has 0 spiro atoms. The zero-order valence-electron chi connectivity index (χ0n) is 11.6. The average Bonchev–Trinajstić information content (AvgIpc) is 2.69. The summed E-state index contributed by atoms with van der Waals surface area (Å²) in [5.74, 6) is 0.762. The number of hydrogen-bond donors (Lipinski definition) is 2. The molecule has 20 heavy (non-hydrogen) atoms. The van der Waals surface area contributed by atoms with Crippen LogP contribution in [0.15, 0.2) is 59.0 Å². The van der Waals surface area contributed by atoms with Gasteiger partial charge in [0.25, 0.3) is 0 Å². The molecule has 0 fully saturated rings. The lowest BCUT2D eigenvalue weighted by Crippen LogP contribution is -2.02. The molecule has 1 aliphatic rings. The van der Waals surface area contributed by atoms with Crippen LogP contribution in [-0.2, 0) is 0 Å². The van der Waals surface area contributed by atoms with Crippen LogP contribution in [0, 0.1) is 5.41 Å². The van der Waals surface area contributed by atoms with Crippen molar-refractivity contribution in [3.05, 3.63) is 64.6 Å². The van der Waals surface area contributed by atoms with Gasteiger partial charge in [-0.15, -0.1) is 12.6 Å². The van der Waals surface area contributed by atoms with Gasteiger partial charge < -0.3 is 10.1 Å². The van der Waals surface area contributed by atoms with E-state index in [1.54, 1.807) is 7.11 Å². The summed E-state index contributed by atoms with van der Waals surface area (Å²) < 4.78 is 5.30. The molecule has 1 aromatic carbocycles. The minimum atomic E-state index is 0.602. The van der Waals surface area contributed by atoms with Crippen molar-refractivity contribution in [3.8, 4) is 5.75 Å². The maximum absolute atomic E-state index is 8.23. The molecule has 0 aliphatic heterocycles. The highest BCUT2D eigenvalue weighted by Crippen LogP contribution is 2.22. The summed E-state index contributed by atoms with van der Waals surface area (Å²) in [5.41, 5.74) is 2.68. The van der Waals surface area contributed by atoms with Crippen LogP contribution < -0.4 is 4.74 Å². The van der Waals surface area contributed by atoms with E-state index in [1.807, 2.05) is 24.3 Å². The van der Waals surface area contributed by atoms with Crippen LogP contribution >= 0.6 is 12.6 Å². The Bertz CT molecular complexity index is 584. The van der Waals surface area contributed by atoms with Gasteiger partial charge in [0.1, 0.15) is 5.75 Å². The Balaban J connectivity index is 2.04. The van der Waals surface area contributed by atoms with E-state index in [4.69, 9.17) is 10.1 Å². The molecule has 104 valence electrons. The van der Waals surface area contributed by atoms with Crippen LogP contribution in [0.4, 0.5) is 0 Å². The number of ether oxygens (including phenoxy) is 1. The molecule has 0 atom stereocenters. The largest absolute Gasteiger partial charge is 0.496 e. The van der Waals surface area contributed by atoms with Gasteiger partial charge >= 0.3 is 0 Å². The van der Waals surface area contributed by atoms with Crippen molar-refractivity contribution >= 4 is 18.3 Å². The van der Waals surface area contributed by atoms with Gasteiger partial charge in [-0.1, -0.05) is 30.4 Å². The van der Waals surface area contributed by atoms with Crippen LogP contribution in [0.2, 0.25) is 0 Å². The molecule has 0 heterocycles. The second-order valence-corrected chi connectivity index (χ2v) is 5.18. The van der Waals surface area contributed by atoms with Crippen molar-refractivity contribution in [2.24, 2.45) is 0 Å². The van der Waals surface area contributed by atoms with E-state index < -0.39 is 0 Å². The number of hydrogen-bond acceptors (Lipinski definition) is 3. The molecule has 2 nitrogen and oxygen atoms in total. The molecule has 1 aliphatic carbocycles. The van der Waals surface area contributed by atoms with E-state index in [-0.39, 0.29) is 0 Å². The van der Waals surface area contributed by atoms with Crippen molar-refractivity contribution in [3.63, 3.8) is 0 Å². The molecule has 0 saturated heterocycles. The van der Waals surface area contributed by atoms with Gasteiger partial charge in [-0.3, -0.25) is 0 Å². The van der Waals surface area contributed by atoms with Crippen LogP contribution in [0.5, 0.6) is 5.75 Å². The van der Waals surface area contributed by atoms with E-state index in [0.717, 1.165) is 29.1 Å². The molecule has 2 rings (SSSR count). The first-order valence-corrected chi connectivity index (χ1v) is 7.12. The van der Waals surface area contributed by atoms with Gasteiger partial charge in [0.15, 0.2) is 0 Å². The summed E-state index contributed by atoms with van der Waals surface area (Å²) in [4.78, 5) is 0.994. The van der Waals surface area contributed by atoms with E-state index in [9.17, 15) is 0 Å². The van der Waals surface area contributed by atoms with Crippen molar-refractivity contribution in [2.45, 2.75) is 19.3 Å². The Morgan fingerprint density at radius 3 is 2.95 bits per heavy atom. The maximum Gasteiger partial charge on any atom is 0.127 e. The van der Waals surface area contributed by atoms with Crippen molar-refractivity contribution in [1.29, 1.82) is 5.41 Å². The highest BCUT2D eigenvalue weighted by atomic mass is 32.1. The summed E-state index contributed by atoms with van der Waals surface area (Å²) >= 11 is 4.41. The summed E-state index contributed by atoms with van der Waals surface area (Å²) in [7, 11) is 1.64. The Morgan fingerprint density at radius 2 is 2.15 bits per heavy atom. The van der Waals surface area contributed by atoms with Gasteiger partial charge in [0.2, 0.25) is 0 Å². The first kappa shape index (κ1) is 14.7. The van der Waals surface area contributed by atoms with Gasteiger partial charge in [-0.05, 0) is 43.0 Å². The highest BCUT2D eigenvalue weighted by Gasteiger charge is 2.08. The lowest BCUT2D eigenvalue weighted by Gasteiger charge is -2.09. The highest BCUT2D eigenvalue weighted by molar-refractivity contribution is 7.84. The number of nitrogens with one attached hydrogen (secondary N) is 1. The summed E-state index contributed by atoms with van der Waals surface area (Å²) in [6, 6.07) is 7.68. The molecular formula is C17H19NOS. The second-order valence-electron chi connectivity index (χ2n) is 4.67. The van der Waals surface area contributed by atoms with E-state index >= 15 is 0 Å². The molecule has 1 N–H and O–H groups in total. The summed E-state index contributed by atoms with van der Waals surface area (Å²) in [5, 5.41) is 8.23.